The van der Waals surface area contributed by atoms with Crippen molar-refractivity contribution in [1.82, 2.24) is 10.6 Å². The Hall–Kier alpha value is -1.55. The quantitative estimate of drug-likeness (QED) is 0.833. The van der Waals surface area contributed by atoms with Crippen LogP contribution in [0.1, 0.15) is 24.8 Å². The summed E-state index contributed by atoms with van der Waals surface area (Å²) in [7, 11) is 0. The fourth-order valence-corrected chi connectivity index (χ4v) is 1.95. The first-order valence-electron chi connectivity index (χ1n) is 6.44. The number of carbonyl (C=O) groups is 2. The van der Waals surface area contributed by atoms with E-state index in [0.29, 0.717) is 23.9 Å². The molecule has 0 spiro atoms. The second-order valence-electron chi connectivity index (χ2n) is 4.71. The first kappa shape index (κ1) is 13.9. The maximum absolute atomic E-state index is 11.6. The van der Waals surface area contributed by atoms with Crippen LogP contribution in [0, 0.1) is 0 Å². The van der Waals surface area contributed by atoms with Gasteiger partial charge in [0.25, 0.3) is 0 Å². The normalized spacial score (nSPS) is 13.9. The van der Waals surface area contributed by atoms with Crippen LogP contribution in [-0.2, 0) is 16.0 Å². The number of rotatable bonds is 6. The molecule has 2 N–H and O–H groups in total. The molecule has 0 atom stereocenters. The predicted octanol–water partition coefficient (Wildman–Crippen LogP) is 1.67. The highest BCUT2D eigenvalue weighted by molar-refractivity contribution is 6.31. The van der Waals surface area contributed by atoms with E-state index < -0.39 is 0 Å². The zero-order valence-corrected chi connectivity index (χ0v) is 11.4. The summed E-state index contributed by atoms with van der Waals surface area (Å²) in [6, 6.07) is 7.77. The minimum atomic E-state index is -0.133. The number of aryl methyl sites for hydroxylation is 1. The first-order chi connectivity index (χ1) is 9.15. The molecule has 0 heterocycles. The highest BCUT2D eigenvalue weighted by atomic mass is 35.5. The Kier molecular flexibility index (Phi) is 4.80. The maximum Gasteiger partial charge on any atom is 0.239 e. The maximum atomic E-state index is 11.6. The van der Waals surface area contributed by atoms with Crippen LogP contribution < -0.4 is 10.6 Å². The lowest BCUT2D eigenvalue weighted by molar-refractivity contribution is -0.126. The van der Waals surface area contributed by atoms with E-state index in [-0.39, 0.29) is 18.4 Å². The van der Waals surface area contributed by atoms with Crippen molar-refractivity contribution in [3.05, 3.63) is 34.9 Å². The van der Waals surface area contributed by atoms with Gasteiger partial charge in [0, 0.05) is 17.5 Å². The van der Waals surface area contributed by atoms with E-state index in [2.05, 4.69) is 10.6 Å². The zero-order chi connectivity index (χ0) is 13.7. The van der Waals surface area contributed by atoms with Gasteiger partial charge < -0.3 is 10.6 Å². The second kappa shape index (κ2) is 6.57. The van der Waals surface area contributed by atoms with Crippen LogP contribution in [0.25, 0.3) is 0 Å². The third-order valence-corrected chi connectivity index (χ3v) is 3.34. The topological polar surface area (TPSA) is 58.2 Å². The Morgan fingerprint density at radius 2 is 1.95 bits per heavy atom. The Labute approximate surface area is 117 Å². The molecule has 0 unspecified atom stereocenters. The molecular weight excluding hydrogens is 264 g/mol. The molecule has 0 bridgehead atoms. The van der Waals surface area contributed by atoms with Gasteiger partial charge in [0.05, 0.1) is 6.54 Å². The van der Waals surface area contributed by atoms with Crippen LogP contribution in [0.3, 0.4) is 0 Å². The van der Waals surface area contributed by atoms with Crippen molar-refractivity contribution in [3.8, 4) is 0 Å². The molecule has 1 saturated carbocycles. The molecule has 0 radical (unpaired) electrons. The van der Waals surface area contributed by atoms with Gasteiger partial charge >= 0.3 is 0 Å². The Morgan fingerprint density at radius 3 is 2.63 bits per heavy atom. The molecule has 2 amide bonds. The molecule has 0 aromatic heterocycles. The number of halogens is 1. The molecule has 2 rings (SSSR count). The van der Waals surface area contributed by atoms with Crippen LogP contribution in [0.15, 0.2) is 24.3 Å². The van der Waals surface area contributed by atoms with Crippen LogP contribution >= 0.6 is 11.6 Å². The minimum absolute atomic E-state index is 0.0534. The third-order valence-electron chi connectivity index (χ3n) is 2.97. The van der Waals surface area contributed by atoms with E-state index in [0.717, 1.165) is 18.4 Å². The molecule has 5 heteroatoms. The largest absolute Gasteiger partial charge is 0.352 e. The number of hydrogen-bond donors (Lipinski definition) is 2. The van der Waals surface area contributed by atoms with Crippen LogP contribution in [0.4, 0.5) is 0 Å². The first-order valence-corrected chi connectivity index (χ1v) is 6.82. The summed E-state index contributed by atoms with van der Waals surface area (Å²) in [5, 5.41) is 6.10. The molecule has 19 heavy (non-hydrogen) atoms. The number of hydrogen-bond acceptors (Lipinski definition) is 2. The Morgan fingerprint density at radius 1 is 1.21 bits per heavy atom. The molecule has 0 aliphatic heterocycles. The highest BCUT2D eigenvalue weighted by Gasteiger charge is 2.23. The summed E-state index contributed by atoms with van der Waals surface area (Å²) in [6.07, 6.45) is 3.01. The van der Waals surface area contributed by atoms with E-state index >= 15 is 0 Å². The molecule has 1 fully saturated rings. The van der Waals surface area contributed by atoms with Gasteiger partial charge in [-0.15, -0.1) is 0 Å². The van der Waals surface area contributed by atoms with Crippen molar-refractivity contribution in [3.63, 3.8) is 0 Å². The summed E-state index contributed by atoms with van der Waals surface area (Å²) in [5.41, 5.74) is 0.946. The van der Waals surface area contributed by atoms with Crippen molar-refractivity contribution in [2.24, 2.45) is 0 Å². The van der Waals surface area contributed by atoms with Crippen LogP contribution in [0.5, 0.6) is 0 Å². The van der Waals surface area contributed by atoms with Crippen molar-refractivity contribution < 1.29 is 9.59 Å². The van der Waals surface area contributed by atoms with Gasteiger partial charge in [0.15, 0.2) is 0 Å². The SMILES string of the molecule is O=C(CCc1ccccc1Cl)NCC(=O)NC1CC1. The Bertz CT molecular complexity index is 472. The van der Waals surface area contributed by atoms with E-state index in [1.807, 2.05) is 18.2 Å². The molecule has 1 aromatic carbocycles. The zero-order valence-electron chi connectivity index (χ0n) is 10.6. The van der Waals surface area contributed by atoms with Crippen molar-refractivity contribution in [2.45, 2.75) is 31.7 Å². The van der Waals surface area contributed by atoms with Gasteiger partial charge in [-0.05, 0) is 30.9 Å². The average molecular weight is 281 g/mol. The van der Waals surface area contributed by atoms with Gasteiger partial charge in [0.1, 0.15) is 0 Å². The van der Waals surface area contributed by atoms with Gasteiger partial charge in [-0.1, -0.05) is 29.8 Å². The molecule has 4 nitrogen and oxygen atoms in total. The van der Waals surface area contributed by atoms with Gasteiger partial charge in [0.2, 0.25) is 11.8 Å². The van der Waals surface area contributed by atoms with Crippen LogP contribution in [0.2, 0.25) is 5.02 Å². The fraction of sp³-hybridized carbons (Fsp3) is 0.429. The van der Waals surface area contributed by atoms with E-state index in [9.17, 15) is 9.59 Å². The average Bonchev–Trinajstić information content (AvgIpc) is 3.19. The molecule has 1 aliphatic carbocycles. The molecule has 1 aromatic rings. The summed E-state index contributed by atoms with van der Waals surface area (Å²) in [4.78, 5) is 23.0. The summed E-state index contributed by atoms with van der Waals surface area (Å²) in [5.74, 6) is -0.250. The number of nitrogens with one attached hydrogen (secondary N) is 2. The molecular formula is C14H17ClN2O2. The standard InChI is InChI=1S/C14H17ClN2O2/c15-12-4-2-1-3-10(12)5-8-13(18)16-9-14(19)17-11-6-7-11/h1-4,11H,5-9H2,(H,16,18)(H,17,19). The van der Waals surface area contributed by atoms with Crippen molar-refractivity contribution in [1.29, 1.82) is 0 Å². The predicted molar refractivity (Wildman–Crippen MR) is 73.9 cm³/mol. The summed E-state index contributed by atoms with van der Waals surface area (Å²) < 4.78 is 0. The number of amides is 2. The smallest absolute Gasteiger partial charge is 0.239 e. The van der Waals surface area contributed by atoms with E-state index in [1.165, 1.54) is 0 Å². The number of carbonyl (C=O) groups excluding carboxylic acids is 2. The molecule has 1 aliphatic rings. The lowest BCUT2D eigenvalue weighted by atomic mass is 10.1. The summed E-state index contributed by atoms with van der Waals surface area (Å²) in [6.45, 7) is 0.0534. The fourth-order valence-electron chi connectivity index (χ4n) is 1.72. The van der Waals surface area contributed by atoms with Crippen molar-refractivity contribution in [2.75, 3.05) is 6.54 Å². The van der Waals surface area contributed by atoms with Gasteiger partial charge in [-0.2, -0.15) is 0 Å². The number of benzene rings is 1. The monoisotopic (exact) mass is 280 g/mol. The molecule has 0 saturated heterocycles. The van der Waals surface area contributed by atoms with Gasteiger partial charge in [-0.3, -0.25) is 9.59 Å². The van der Waals surface area contributed by atoms with Crippen LogP contribution in [-0.4, -0.2) is 24.4 Å². The highest BCUT2D eigenvalue weighted by Crippen LogP contribution is 2.18. The Balaban J connectivity index is 1.66. The van der Waals surface area contributed by atoms with E-state index in [1.54, 1.807) is 6.07 Å². The van der Waals surface area contributed by atoms with Gasteiger partial charge in [-0.25, -0.2) is 0 Å². The second-order valence-corrected chi connectivity index (χ2v) is 5.12. The summed E-state index contributed by atoms with van der Waals surface area (Å²) >= 11 is 6.00. The third kappa shape index (κ3) is 4.91. The van der Waals surface area contributed by atoms with E-state index in [4.69, 9.17) is 11.6 Å². The lowest BCUT2D eigenvalue weighted by Gasteiger charge is -2.06. The minimum Gasteiger partial charge on any atom is -0.352 e. The lowest BCUT2D eigenvalue weighted by Crippen LogP contribution is -2.37. The van der Waals surface area contributed by atoms with Crippen molar-refractivity contribution >= 4 is 23.4 Å². The molecule has 102 valence electrons.